The molecule has 0 aromatic carbocycles. The molecule has 0 aliphatic rings. The highest BCUT2D eigenvalue weighted by molar-refractivity contribution is 5.75. The molecule has 0 amide bonds. The number of hydrogen-bond donors (Lipinski definition) is 1. The van der Waals surface area contributed by atoms with Crippen molar-refractivity contribution < 1.29 is 9.90 Å². The number of carboxylic acids is 1. The van der Waals surface area contributed by atoms with Gasteiger partial charge in [0.2, 0.25) is 0 Å². The van der Waals surface area contributed by atoms with Crippen molar-refractivity contribution in [3.63, 3.8) is 0 Å². The van der Waals surface area contributed by atoms with Crippen LogP contribution in [0.25, 0.3) is 0 Å². The number of anilines is 1. The Balaban J connectivity index is 3.44. The van der Waals surface area contributed by atoms with Gasteiger partial charge in [-0.2, -0.15) is 10.4 Å². The third-order valence-corrected chi connectivity index (χ3v) is 2.91. The van der Waals surface area contributed by atoms with Crippen molar-refractivity contribution in [3.8, 4) is 6.07 Å². The zero-order chi connectivity index (χ0) is 14.8. The van der Waals surface area contributed by atoms with Gasteiger partial charge in [0, 0.05) is 5.54 Å². The van der Waals surface area contributed by atoms with Gasteiger partial charge >= 0.3 is 5.97 Å². The first-order chi connectivity index (χ1) is 8.68. The van der Waals surface area contributed by atoms with E-state index >= 15 is 0 Å². The highest BCUT2D eigenvalue weighted by Crippen LogP contribution is 2.27. The van der Waals surface area contributed by atoms with Crippen molar-refractivity contribution >= 4 is 11.8 Å². The van der Waals surface area contributed by atoms with E-state index in [1.165, 1.54) is 0 Å². The summed E-state index contributed by atoms with van der Waals surface area (Å²) in [5, 5.41) is 26.3. The molecular formula is C13H18N4O2. The van der Waals surface area contributed by atoms with E-state index in [4.69, 9.17) is 5.11 Å². The lowest BCUT2D eigenvalue weighted by Gasteiger charge is -2.35. The van der Waals surface area contributed by atoms with E-state index < -0.39 is 11.5 Å². The lowest BCUT2D eigenvalue weighted by Crippen LogP contribution is -2.45. The molecule has 0 atom stereocenters. The van der Waals surface area contributed by atoms with Gasteiger partial charge in [-0.1, -0.05) is 0 Å². The number of aromatic nitrogens is 2. The third-order valence-electron chi connectivity index (χ3n) is 2.91. The fourth-order valence-corrected chi connectivity index (χ4v) is 1.68. The normalized spacial score (nSPS) is 10.9. The molecule has 0 aliphatic carbocycles. The molecule has 102 valence electrons. The fraction of sp³-hybridized carbons (Fsp3) is 0.538. The molecule has 0 saturated carbocycles. The standard InChI is InChI=1S/C13H18N4O2/c1-8-9(2)15-16-12(10(8)6-14)17(7-11(18)19)13(3,4)5/h7H2,1-5H3,(H,18,19). The minimum Gasteiger partial charge on any atom is -0.480 e. The minimum atomic E-state index is -0.973. The Morgan fingerprint density at radius 1 is 1.37 bits per heavy atom. The van der Waals surface area contributed by atoms with Crippen molar-refractivity contribution in [3.05, 3.63) is 16.8 Å². The molecule has 0 spiro atoms. The maximum Gasteiger partial charge on any atom is 0.323 e. The second kappa shape index (κ2) is 5.22. The number of rotatable bonds is 3. The van der Waals surface area contributed by atoms with Gasteiger partial charge < -0.3 is 10.0 Å². The summed E-state index contributed by atoms with van der Waals surface area (Å²) in [7, 11) is 0. The highest BCUT2D eigenvalue weighted by atomic mass is 16.4. The summed E-state index contributed by atoms with van der Waals surface area (Å²) < 4.78 is 0. The van der Waals surface area contributed by atoms with Crippen LogP contribution in [-0.4, -0.2) is 33.4 Å². The summed E-state index contributed by atoms with van der Waals surface area (Å²) in [6.07, 6.45) is 0. The van der Waals surface area contributed by atoms with Crippen LogP contribution < -0.4 is 4.90 Å². The molecule has 6 nitrogen and oxygen atoms in total. The summed E-state index contributed by atoms with van der Waals surface area (Å²) in [6, 6.07) is 2.09. The van der Waals surface area contributed by atoms with Crippen LogP contribution in [0, 0.1) is 25.2 Å². The molecule has 0 bridgehead atoms. The van der Waals surface area contributed by atoms with E-state index in [0.717, 1.165) is 5.56 Å². The number of aliphatic carboxylic acids is 1. The van der Waals surface area contributed by atoms with E-state index in [-0.39, 0.29) is 6.54 Å². The second-order valence-electron chi connectivity index (χ2n) is 5.37. The molecule has 1 aromatic heterocycles. The quantitative estimate of drug-likeness (QED) is 0.890. The number of nitriles is 1. The molecule has 1 aromatic rings. The number of nitrogens with zero attached hydrogens (tertiary/aromatic N) is 4. The van der Waals surface area contributed by atoms with Gasteiger partial charge in [0.1, 0.15) is 18.2 Å². The minimum absolute atomic E-state index is 0.227. The van der Waals surface area contributed by atoms with Crippen molar-refractivity contribution in [1.82, 2.24) is 10.2 Å². The monoisotopic (exact) mass is 262 g/mol. The van der Waals surface area contributed by atoms with E-state index in [9.17, 15) is 10.1 Å². The van der Waals surface area contributed by atoms with Crippen LogP contribution in [0.5, 0.6) is 0 Å². The van der Waals surface area contributed by atoms with Crippen molar-refractivity contribution in [1.29, 1.82) is 5.26 Å². The van der Waals surface area contributed by atoms with Gasteiger partial charge in [-0.05, 0) is 40.2 Å². The molecule has 0 unspecified atom stereocenters. The van der Waals surface area contributed by atoms with Crippen LogP contribution >= 0.6 is 0 Å². The molecule has 1 rings (SSSR count). The molecule has 0 aliphatic heterocycles. The third kappa shape index (κ3) is 3.19. The maximum atomic E-state index is 11.0. The molecule has 0 fully saturated rings. The molecule has 0 radical (unpaired) electrons. The predicted molar refractivity (Wildman–Crippen MR) is 71.0 cm³/mol. The van der Waals surface area contributed by atoms with Crippen molar-refractivity contribution in [2.45, 2.75) is 40.2 Å². The molecular weight excluding hydrogens is 244 g/mol. The number of aryl methyl sites for hydroxylation is 1. The largest absolute Gasteiger partial charge is 0.480 e. The van der Waals surface area contributed by atoms with Crippen LogP contribution in [0.2, 0.25) is 0 Å². The van der Waals surface area contributed by atoms with E-state index in [0.29, 0.717) is 17.1 Å². The predicted octanol–water partition coefficient (Wildman–Crippen LogP) is 1.65. The Morgan fingerprint density at radius 3 is 2.37 bits per heavy atom. The number of carboxylic acid groups (broad SMARTS) is 1. The van der Waals surface area contributed by atoms with Gasteiger partial charge in [0.25, 0.3) is 0 Å². The first-order valence-corrected chi connectivity index (χ1v) is 5.92. The average molecular weight is 262 g/mol. The summed E-state index contributed by atoms with van der Waals surface area (Å²) >= 11 is 0. The van der Waals surface area contributed by atoms with Crippen LogP contribution in [-0.2, 0) is 4.79 Å². The first kappa shape index (κ1) is 14.9. The van der Waals surface area contributed by atoms with Crippen LogP contribution in [0.4, 0.5) is 5.82 Å². The van der Waals surface area contributed by atoms with Gasteiger partial charge in [-0.15, -0.1) is 5.10 Å². The molecule has 0 saturated heterocycles. The SMILES string of the molecule is Cc1nnc(N(CC(=O)O)C(C)(C)C)c(C#N)c1C. The fourth-order valence-electron chi connectivity index (χ4n) is 1.68. The molecule has 19 heavy (non-hydrogen) atoms. The Kier molecular flexibility index (Phi) is 4.10. The Bertz CT molecular complexity index is 541. The number of hydrogen-bond acceptors (Lipinski definition) is 5. The van der Waals surface area contributed by atoms with Gasteiger partial charge in [0.05, 0.1) is 5.69 Å². The first-order valence-electron chi connectivity index (χ1n) is 5.92. The molecule has 1 N–H and O–H groups in total. The van der Waals surface area contributed by atoms with Crippen molar-refractivity contribution in [2.24, 2.45) is 0 Å². The Labute approximate surface area is 112 Å². The van der Waals surface area contributed by atoms with E-state index in [1.54, 1.807) is 18.7 Å². The van der Waals surface area contributed by atoms with Gasteiger partial charge in [-0.25, -0.2) is 0 Å². The zero-order valence-corrected chi connectivity index (χ0v) is 11.9. The summed E-state index contributed by atoms with van der Waals surface area (Å²) in [6.45, 7) is 8.94. The van der Waals surface area contributed by atoms with Crippen LogP contribution in [0.1, 0.15) is 37.6 Å². The lowest BCUT2D eigenvalue weighted by molar-refractivity contribution is -0.135. The lowest BCUT2D eigenvalue weighted by atomic mass is 10.0. The average Bonchev–Trinajstić information content (AvgIpc) is 2.28. The highest BCUT2D eigenvalue weighted by Gasteiger charge is 2.28. The number of carbonyl (C=O) groups is 1. The topological polar surface area (TPSA) is 90.1 Å². The Hall–Kier alpha value is -2.16. The molecule has 1 heterocycles. The Morgan fingerprint density at radius 2 is 1.95 bits per heavy atom. The zero-order valence-electron chi connectivity index (χ0n) is 11.9. The smallest absolute Gasteiger partial charge is 0.323 e. The van der Waals surface area contributed by atoms with Crippen LogP contribution in [0.15, 0.2) is 0 Å². The second-order valence-corrected chi connectivity index (χ2v) is 5.37. The summed E-state index contributed by atoms with van der Waals surface area (Å²) in [4.78, 5) is 12.6. The summed E-state index contributed by atoms with van der Waals surface area (Å²) in [5.74, 6) is -0.653. The summed E-state index contributed by atoms with van der Waals surface area (Å²) in [5.41, 5.74) is 1.31. The van der Waals surface area contributed by atoms with E-state index in [1.807, 2.05) is 20.8 Å². The van der Waals surface area contributed by atoms with Gasteiger partial charge in [-0.3, -0.25) is 4.79 Å². The van der Waals surface area contributed by atoms with Gasteiger partial charge in [0.15, 0.2) is 5.82 Å². The van der Waals surface area contributed by atoms with Crippen molar-refractivity contribution in [2.75, 3.05) is 11.4 Å². The maximum absolute atomic E-state index is 11.0. The molecule has 6 heteroatoms. The van der Waals surface area contributed by atoms with Crippen LogP contribution in [0.3, 0.4) is 0 Å². The van der Waals surface area contributed by atoms with E-state index in [2.05, 4.69) is 16.3 Å².